The average Bonchev–Trinajstić information content (AvgIpc) is 3.15. The van der Waals surface area contributed by atoms with E-state index in [1.165, 1.54) is 10.5 Å². The summed E-state index contributed by atoms with van der Waals surface area (Å²) in [4.78, 5) is 26.9. The molecule has 2 aliphatic carbocycles. The van der Waals surface area contributed by atoms with E-state index in [1.54, 1.807) is 0 Å². The fourth-order valence-corrected chi connectivity index (χ4v) is 4.76. The van der Waals surface area contributed by atoms with Crippen LogP contribution in [-0.2, 0) is 16.0 Å². The van der Waals surface area contributed by atoms with Crippen molar-refractivity contribution in [1.29, 1.82) is 0 Å². The Labute approximate surface area is 125 Å². The number of fused-ring (bicyclic) bond motifs is 5. The first-order valence-corrected chi connectivity index (χ1v) is 8.17. The maximum absolute atomic E-state index is 12.7. The molecule has 2 bridgehead atoms. The van der Waals surface area contributed by atoms with E-state index in [-0.39, 0.29) is 23.7 Å². The standard InChI is InChI=1S/C18H21NO2/c1-2-3-11-4-8-14(9-5-11)19-17(20)15-12-6-7-13(10-12)16(15)18(19)21/h4-5,8-9,12-13,15-16H,2-3,6-7,10H2,1H3/t12-,13-,15+,16+/m0/s1. The molecule has 1 aliphatic heterocycles. The molecular weight excluding hydrogens is 262 g/mol. The van der Waals surface area contributed by atoms with Crippen molar-refractivity contribution in [3.63, 3.8) is 0 Å². The second-order valence-corrected chi connectivity index (χ2v) is 6.81. The summed E-state index contributed by atoms with van der Waals surface area (Å²) in [5.41, 5.74) is 2.03. The lowest BCUT2D eigenvalue weighted by Crippen LogP contribution is -2.32. The third-order valence-electron chi connectivity index (χ3n) is 5.66. The van der Waals surface area contributed by atoms with E-state index in [0.29, 0.717) is 11.8 Å². The van der Waals surface area contributed by atoms with Crippen molar-refractivity contribution in [2.24, 2.45) is 23.7 Å². The summed E-state index contributed by atoms with van der Waals surface area (Å²) in [6.45, 7) is 2.15. The van der Waals surface area contributed by atoms with Crippen LogP contribution in [-0.4, -0.2) is 11.8 Å². The second kappa shape index (κ2) is 4.69. The number of rotatable bonds is 3. The summed E-state index contributed by atoms with van der Waals surface area (Å²) in [7, 11) is 0. The molecule has 4 rings (SSSR count). The molecule has 3 fully saturated rings. The minimum Gasteiger partial charge on any atom is -0.274 e. The van der Waals surface area contributed by atoms with Crippen molar-refractivity contribution in [2.45, 2.75) is 39.0 Å². The van der Waals surface area contributed by atoms with Gasteiger partial charge in [-0.2, -0.15) is 0 Å². The predicted octanol–water partition coefficient (Wildman–Crippen LogP) is 3.17. The average molecular weight is 283 g/mol. The van der Waals surface area contributed by atoms with Gasteiger partial charge in [0.1, 0.15) is 0 Å². The van der Waals surface area contributed by atoms with Crippen molar-refractivity contribution in [2.75, 3.05) is 4.90 Å². The van der Waals surface area contributed by atoms with Crippen LogP contribution < -0.4 is 4.90 Å². The molecule has 3 nitrogen and oxygen atoms in total. The van der Waals surface area contributed by atoms with Crippen molar-refractivity contribution < 1.29 is 9.59 Å². The van der Waals surface area contributed by atoms with Gasteiger partial charge in [-0.1, -0.05) is 25.5 Å². The summed E-state index contributed by atoms with van der Waals surface area (Å²) in [6, 6.07) is 7.96. The molecule has 1 heterocycles. The van der Waals surface area contributed by atoms with Gasteiger partial charge in [0.2, 0.25) is 11.8 Å². The number of carbonyl (C=O) groups is 2. The normalized spacial score (nSPS) is 33.9. The molecule has 2 saturated carbocycles. The molecule has 0 aromatic heterocycles. The van der Waals surface area contributed by atoms with Crippen LogP contribution in [0.4, 0.5) is 5.69 Å². The fourth-order valence-electron chi connectivity index (χ4n) is 4.76. The van der Waals surface area contributed by atoms with Gasteiger partial charge in [-0.25, -0.2) is 0 Å². The van der Waals surface area contributed by atoms with Crippen LogP contribution in [0.1, 0.15) is 38.2 Å². The molecule has 4 atom stereocenters. The first-order valence-electron chi connectivity index (χ1n) is 8.17. The number of imide groups is 1. The zero-order valence-corrected chi connectivity index (χ0v) is 12.4. The monoisotopic (exact) mass is 283 g/mol. The summed E-state index contributed by atoms with van der Waals surface area (Å²) in [5, 5.41) is 0. The van der Waals surface area contributed by atoms with E-state index in [9.17, 15) is 9.59 Å². The van der Waals surface area contributed by atoms with Crippen molar-refractivity contribution >= 4 is 17.5 Å². The van der Waals surface area contributed by atoms with E-state index in [2.05, 4.69) is 6.92 Å². The van der Waals surface area contributed by atoms with E-state index < -0.39 is 0 Å². The topological polar surface area (TPSA) is 37.4 Å². The number of benzene rings is 1. The molecule has 0 spiro atoms. The molecule has 110 valence electrons. The number of anilines is 1. The Kier molecular flexibility index (Phi) is 2.91. The van der Waals surface area contributed by atoms with Crippen molar-refractivity contribution in [3.8, 4) is 0 Å². The molecule has 1 aromatic carbocycles. The van der Waals surface area contributed by atoms with E-state index in [4.69, 9.17) is 0 Å². The summed E-state index contributed by atoms with van der Waals surface area (Å²) < 4.78 is 0. The van der Waals surface area contributed by atoms with Crippen LogP contribution in [0.15, 0.2) is 24.3 Å². The van der Waals surface area contributed by atoms with Crippen molar-refractivity contribution in [3.05, 3.63) is 29.8 Å². The molecule has 3 aliphatic rings. The number of nitrogens with zero attached hydrogens (tertiary/aromatic N) is 1. The van der Waals surface area contributed by atoms with Gasteiger partial charge in [0.05, 0.1) is 17.5 Å². The summed E-state index contributed by atoms with van der Waals surface area (Å²) in [5.74, 6) is 0.987. The molecule has 1 saturated heterocycles. The van der Waals surface area contributed by atoms with E-state index >= 15 is 0 Å². The smallest absolute Gasteiger partial charge is 0.237 e. The highest BCUT2D eigenvalue weighted by molar-refractivity contribution is 6.22. The molecule has 21 heavy (non-hydrogen) atoms. The largest absolute Gasteiger partial charge is 0.274 e. The fraction of sp³-hybridized carbons (Fsp3) is 0.556. The highest BCUT2D eigenvalue weighted by Crippen LogP contribution is 2.56. The van der Waals surface area contributed by atoms with Gasteiger partial charge in [0.15, 0.2) is 0 Å². The number of hydrogen-bond donors (Lipinski definition) is 0. The predicted molar refractivity (Wildman–Crippen MR) is 80.7 cm³/mol. The van der Waals surface area contributed by atoms with Crippen LogP contribution >= 0.6 is 0 Å². The van der Waals surface area contributed by atoms with Gasteiger partial charge in [-0.05, 0) is 55.2 Å². The Balaban J connectivity index is 1.64. The minimum atomic E-state index is -0.0217. The quantitative estimate of drug-likeness (QED) is 0.799. The Morgan fingerprint density at radius 2 is 1.57 bits per heavy atom. The SMILES string of the molecule is CCCc1ccc(N2C(=O)[C@@H]3[C@H]4CC[C@@H](C4)[C@H]3C2=O)cc1. The molecule has 0 unspecified atom stereocenters. The lowest BCUT2D eigenvalue weighted by atomic mass is 9.81. The highest BCUT2D eigenvalue weighted by atomic mass is 16.2. The summed E-state index contributed by atoms with van der Waals surface area (Å²) in [6.07, 6.45) is 5.50. The van der Waals surface area contributed by atoms with E-state index in [0.717, 1.165) is 37.8 Å². The molecule has 1 aromatic rings. The Morgan fingerprint density at radius 3 is 2.10 bits per heavy atom. The molecular formula is C18H21NO2. The van der Waals surface area contributed by atoms with Crippen LogP contribution in [0.25, 0.3) is 0 Å². The molecule has 2 amide bonds. The Morgan fingerprint density at radius 1 is 1.00 bits per heavy atom. The van der Waals surface area contributed by atoms with Crippen LogP contribution in [0.3, 0.4) is 0 Å². The number of carbonyl (C=O) groups excluding carboxylic acids is 2. The lowest BCUT2D eigenvalue weighted by Gasteiger charge is -2.19. The minimum absolute atomic E-state index is 0.0217. The zero-order chi connectivity index (χ0) is 14.6. The maximum Gasteiger partial charge on any atom is 0.237 e. The van der Waals surface area contributed by atoms with Crippen LogP contribution in [0.2, 0.25) is 0 Å². The van der Waals surface area contributed by atoms with Gasteiger partial charge in [-0.3, -0.25) is 14.5 Å². The van der Waals surface area contributed by atoms with E-state index in [1.807, 2.05) is 24.3 Å². The first kappa shape index (κ1) is 13.1. The molecule has 0 radical (unpaired) electrons. The Hall–Kier alpha value is -1.64. The second-order valence-electron chi connectivity index (χ2n) is 6.81. The van der Waals surface area contributed by atoms with Gasteiger partial charge < -0.3 is 0 Å². The van der Waals surface area contributed by atoms with Gasteiger partial charge in [0, 0.05) is 0 Å². The molecule has 3 heteroatoms. The first-order chi connectivity index (χ1) is 10.2. The maximum atomic E-state index is 12.7. The van der Waals surface area contributed by atoms with Crippen molar-refractivity contribution in [1.82, 2.24) is 0 Å². The number of hydrogen-bond acceptors (Lipinski definition) is 2. The van der Waals surface area contributed by atoms with Gasteiger partial charge >= 0.3 is 0 Å². The van der Waals surface area contributed by atoms with Crippen LogP contribution in [0.5, 0.6) is 0 Å². The summed E-state index contributed by atoms with van der Waals surface area (Å²) >= 11 is 0. The Bertz CT molecular complexity index is 564. The number of amides is 2. The third kappa shape index (κ3) is 1.79. The highest BCUT2D eigenvalue weighted by Gasteiger charge is 2.61. The third-order valence-corrected chi connectivity index (χ3v) is 5.66. The van der Waals surface area contributed by atoms with Gasteiger partial charge in [-0.15, -0.1) is 0 Å². The zero-order valence-electron chi connectivity index (χ0n) is 12.4. The van der Waals surface area contributed by atoms with Crippen LogP contribution in [0, 0.1) is 23.7 Å². The lowest BCUT2D eigenvalue weighted by molar-refractivity contribution is -0.123. The molecule has 0 N–H and O–H groups in total. The van der Waals surface area contributed by atoms with Gasteiger partial charge in [0.25, 0.3) is 0 Å². The number of aryl methyl sites for hydroxylation is 1.